The zero-order valence-electron chi connectivity index (χ0n) is 17.7. The van der Waals surface area contributed by atoms with E-state index in [1.807, 2.05) is 11.3 Å². The van der Waals surface area contributed by atoms with E-state index in [1.54, 1.807) is 0 Å². The molecule has 5 nitrogen and oxygen atoms in total. The number of guanidine groups is 1. The number of halogens is 1. The number of benzene rings is 1. The molecule has 160 valence electrons. The first-order chi connectivity index (χ1) is 13.7. The molecule has 7 heteroatoms. The molecule has 0 radical (unpaired) electrons. The van der Waals surface area contributed by atoms with Crippen molar-refractivity contribution in [1.82, 2.24) is 15.5 Å². The summed E-state index contributed by atoms with van der Waals surface area (Å²) in [5.74, 6) is 0.928. The van der Waals surface area contributed by atoms with Gasteiger partial charge in [0.1, 0.15) is 0 Å². The van der Waals surface area contributed by atoms with Gasteiger partial charge in [0.25, 0.3) is 0 Å². The topological polar surface area (TPSA) is 42.9 Å². The van der Waals surface area contributed by atoms with E-state index >= 15 is 0 Å². The van der Waals surface area contributed by atoms with Crippen molar-refractivity contribution in [3.8, 4) is 0 Å². The highest BCUT2D eigenvalue weighted by Crippen LogP contribution is 2.24. The Balaban J connectivity index is 0.00000300. The van der Waals surface area contributed by atoms with Gasteiger partial charge in [-0.05, 0) is 62.5 Å². The summed E-state index contributed by atoms with van der Waals surface area (Å²) in [6.07, 6.45) is 2.28. The first-order valence-electron chi connectivity index (χ1n) is 10.2. The van der Waals surface area contributed by atoms with Crippen LogP contribution in [0.3, 0.4) is 0 Å². The van der Waals surface area contributed by atoms with Gasteiger partial charge >= 0.3 is 0 Å². The summed E-state index contributed by atoms with van der Waals surface area (Å²) in [5.41, 5.74) is 2.64. The van der Waals surface area contributed by atoms with Crippen LogP contribution in [0.1, 0.15) is 30.9 Å². The summed E-state index contributed by atoms with van der Waals surface area (Å²) >= 11 is 1.83. The monoisotopic (exact) mass is 527 g/mol. The Hall–Kier alpha value is -1.32. The molecule has 0 atom stereocenters. The maximum atomic E-state index is 4.88. The maximum absolute atomic E-state index is 4.88. The zero-order valence-corrected chi connectivity index (χ0v) is 20.9. The standard InChI is InChI=1S/C22H33N5S.HI/c1-4-23-22(24-16-18-8-5-6-9-19(18)17-26(2)3)25-20-11-13-27(14-12-20)21-10-7-15-28-21;/h5-10,15,20H,4,11-14,16-17H2,1-3H3,(H2,23,24,25);1H. The van der Waals surface area contributed by atoms with E-state index in [9.17, 15) is 0 Å². The van der Waals surface area contributed by atoms with E-state index in [-0.39, 0.29) is 24.0 Å². The second kappa shape index (κ2) is 12.4. The zero-order chi connectivity index (χ0) is 19.8. The molecule has 0 spiro atoms. The van der Waals surface area contributed by atoms with Crippen LogP contribution in [0.25, 0.3) is 0 Å². The SMILES string of the molecule is CCNC(=NCc1ccccc1CN(C)C)NC1CCN(c2cccs2)CC1.I. The Morgan fingerprint density at radius 1 is 1.14 bits per heavy atom. The number of nitrogens with one attached hydrogen (secondary N) is 2. The minimum atomic E-state index is 0. The third-order valence-electron chi connectivity index (χ3n) is 5.01. The van der Waals surface area contributed by atoms with E-state index in [2.05, 4.69) is 83.2 Å². The van der Waals surface area contributed by atoms with E-state index in [0.29, 0.717) is 12.6 Å². The number of thiophene rings is 1. The molecule has 1 saturated heterocycles. The molecule has 0 unspecified atom stereocenters. The summed E-state index contributed by atoms with van der Waals surface area (Å²) in [7, 11) is 4.21. The Morgan fingerprint density at radius 3 is 2.48 bits per heavy atom. The Kier molecular flexibility index (Phi) is 10.2. The maximum Gasteiger partial charge on any atom is 0.191 e. The predicted molar refractivity (Wildman–Crippen MR) is 137 cm³/mol. The van der Waals surface area contributed by atoms with Gasteiger partial charge in [-0.3, -0.25) is 0 Å². The normalized spacial score (nSPS) is 15.3. The highest BCUT2D eigenvalue weighted by molar-refractivity contribution is 14.0. The molecule has 1 aromatic carbocycles. The Morgan fingerprint density at radius 2 is 1.86 bits per heavy atom. The average molecular weight is 528 g/mol. The van der Waals surface area contributed by atoms with Gasteiger partial charge in [-0.25, -0.2) is 4.99 Å². The average Bonchev–Trinajstić information content (AvgIpc) is 3.22. The van der Waals surface area contributed by atoms with Gasteiger partial charge in [0.15, 0.2) is 5.96 Å². The van der Waals surface area contributed by atoms with E-state index in [4.69, 9.17) is 4.99 Å². The molecule has 0 aliphatic carbocycles. The van der Waals surface area contributed by atoms with Crippen molar-refractivity contribution < 1.29 is 0 Å². The summed E-state index contributed by atoms with van der Waals surface area (Å²) in [6, 6.07) is 13.4. The molecule has 1 aliphatic rings. The van der Waals surface area contributed by atoms with E-state index in [1.165, 1.54) is 16.1 Å². The number of piperidine rings is 1. The molecule has 2 aromatic rings. The number of hydrogen-bond acceptors (Lipinski definition) is 4. The van der Waals surface area contributed by atoms with E-state index in [0.717, 1.165) is 45.0 Å². The molecule has 0 saturated carbocycles. The molecular formula is C22H34IN5S. The molecule has 0 amide bonds. The molecule has 2 N–H and O–H groups in total. The van der Waals surface area contributed by atoms with Gasteiger partial charge in [-0.1, -0.05) is 24.3 Å². The summed E-state index contributed by atoms with van der Waals surface area (Å²) < 4.78 is 0. The van der Waals surface area contributed by atoms with Crippen molar-refractivity contribution in [3.05, 3.63) is 52.9 Å². The smallest absolute Gasteiger partial charge is 0.191 e. The van der Waals surface area contributed by atoms with Crippen LogP contribution in [0.4, 0.5) is 5.00 Å². The highest BCUT2D eigenvalue weighted by atomic mass is 127. The Labute approximate surface area is 196 Å². The fourth-order valence-corrected chi connectivity index (χ4v) is 4.36. The van der Waals surface area contributed by atoms with Gasteiger partial charge < -0.3 is 20.4 Å². The van der Waals surface area contributed by atoms with Crippen LogP contribution in [0, 0.1) is 0 Å². The predicted octanol–water partition coefficient (Wildman–Crippen LogP) is 4.15. The lowest BCUT2D eigenvalue weighted by atomic mass is 10.1. The van der Waals surface area contributed by atoms with Crippen LogP contribution in [0.2, 0.25) is 0 Å². The highest BCUT2D eigenvalue weighted by Gasteiger charge is 2.20. The van der Waals surface area contributed by atoms with Crippen molar-refractivity contribution in [2.75, 3.05) is 38.6 Å². The first kappa shape index (κ1) is 24.0. The molecule has 3 rings (SSSR count). The van der Waals surface area contributed by atoms with Crippen molar-refractivity contribution in [2.24, 2.45) is 4.99 Å². The van der Waals surface area contributed by atoms with Gasteiger partial charge in [0.05, 0.1) is 11.5 Å². The second-order valence-electron chi connectivity index (χ2n) is 7.56. The second-order valence-corrected chi connectivity index (χ2v) is 8.48. The minimum Gasteiger partial charge on any atom is -0.363 e. The van der Waals surface area contributed by atoms with Gasteiger partial charge in [0.2, 0.25) is 0 Å². The lowest BCUT2D eigenvalue weighted by molar-refractivity contribution is 0.401. The van der Waals surface area contributed by atoms with Crippen molar-refractivity contribution in [3.63, 3.8) is 0 Å². The molecule has 29 heavy (non-hydrogen) atoms. The molecule has 0 bridgehead atoms. The Bertz CT molecular complexity index is 739. The minimum absolute atomic E-state index is 0. The van der Waals surface area contributed by atoms with Gasteiger partial charge in [0, 0.05) is 32.2 Å². The summed E-state index contributed by atoms with van der Waals surface area (Å²) in [5, 5.41) is 10.6. The van der Waals surface area contributed by atoms with Gasteiger partial charge in [-0.2, -0.15) is 0 Å². The third-order valence-corrected chi connectivity index (χ3v) is 5.94. The first-order valence-corrected chi connectivity index (χ1v) is 11.1. The van der Waals surface area contributed by atoms with E-state index < -0.39 is 0 Å². The van der Waals surface area contributed by atoms with Crippen LogP contribution < -0.4 is 15.5 Å². The number of rotatable bonds is 7. The largest absolute Gasteiger partial charge is 0.363 e. The van der Waals surface area contributed by atoms with Crippen LogP contribution in [-0.2, 0) is 13.1 Å². The molecule has 1 aromatic heterocycles. The van der Waals surface area contributed by atoms with Crippen LogP contribution >= 0.6 is 35.3 Å². The molecular weight excluding hydrogens is 493 g/mol. The quantitative estimate of drug-likeness (QED) is 0.323. The summed E-state index contributed by atoms with van der Waals surface area (Å²) in [4.78, 5) is 9.57. The molecule has 2 heterocycles. The fraction of sp³-hybridized carbons (Fsp3) is 0.500. The fourth-order valence-electron chi connectivity index (χ4n) is 3.58. The number of hydrogen-bond donors (Lipinski definition) is 2. The number of anilines is 1. The number of nitrogens with zero attached hydrogens (tertiary/aromatic N) is 3. The van der Waals surface area contributed by atoms with Gasteiger partial charge in [-0.15, -0.1) is 35.3 Å². The van der Waals surface area contributed by atoms with Crippen LogP contribution in [-0.4, -0.2) is 50.6 Å². The van der Waals surface area contributed by atoms with Crippen LogP contribution in [0.15, 0.2) is 46.8 Å². The van der Waals surface area contributed by atoms with Crippen molar-refractivity contribution >= 4 is 46.3 Å². The molecule has 1 aliphatic heterocycles. The lowest BCUT2D eigenvalue weighted by Crippen LogP contribution is -2.48. The molecule has 1 fully saturated rings. The van der Waals surface area contributed by atoms with Crippen LogP contribution in [0.5, 0.6) is 0 Å². The number of aliphatic imine (C=N–C) groups is 1. The third kappa shape index (κ3) is 7.46. The summed E-state index contributed by atoms with van der Waals surface area (Å²) in [6.45, 7) is 6.84. The van der Waals surface area contributed by atoms with Crippen molar-refractivity contribution in [2.45, 2.75) is 38.9 Å². The van der Waals surface area contributed by atoms with Crippen molar-refractivity contribution in [1.29, 1.82) is 0 Å². The lowest BCUT2D eigenvalue weighted by Gasteiger charge is -2.33.